The van der Waals surface area contributed by atoms with Gasteiger partial charge in [0.05, 0.1) is 23.6 Å². The summed E-state index contributed by atoms with van der Waals surface area (Å²) in [7, 11) is 0. The minimum Gasteiger partial charge on any atom is -0.443 e. The largest absolute Gasteiger partial charge is 0.443 e. The summed E-state index contributed by atoms with van der Waals surface area (Å²) in [4.78, 5) is 17.8. The van der Waals surface area contributed by atoms with Crippen LogP contribution in [0.3, 0.4) is 0 Å². The molecule has 2 heterocycles. The molecule has 1 aromatic heterocycles. The van der Waals surface area contributed by atoms with Crippen molar-refractivity contribution in [3.05, 3.63) is 46.7 Å². The van der Waals surface area contributed by atoms with E-state index in [-0.39, 0.29) is 16.6 Å². The van der Waals surface area contributed by atoms with Crippen LogP contribution < -0.4 is 4.74 Å². The van der Waals surface area contributed by atoms with E-state index in [1.807, 2.05) is 26.0 Å². The predicted octanol–water partition coefficient (Wildman–Crippen LogP) is 5.31. The highest BCUT2D eigenvalue weighted by molar-refractivity contribution is 6.00. The first-order valence-electron chi connectivity index (χ1n) is 10.2. The average molecular weight is 399 g/mol. The van der Waals surface area contributed by atoms with Crippen molar-refractivity contribution in [1.82, 2.24) is 4.98 Å². The van der Waals surface area contributed by atoms with E-state index in [0.717, 1.165) is 16.5 Å². The van der Waals surface area contributed by atoms with Gasteiger partial charge in [-0.2, -0.15) is 10.5 Å². The standard InChI is InChI=1S/C25H25N3O2/c1-24(2,3)16-6-7-18-14(8-16)9-17-21(15(12-26)13-27)22-19(29)10-25(4,5)11-20(22)30-23(17)28-18/h6-9,15,21H,10-11H2,1-5H3. The van der Waals surface area contributed by atoms with Gasteiger partial charge in [0, 0.05) is 29.4 Å². The summed E-state index contributed by atoms with van der Waals surface area (Å²) in [6.07, 6.45) is 0.954. The highest BCUT2D eigenvalue weighted by Crippen LogP contribution is 2.50. The van der Waals surface area contributed by atoms with Crippen molar-refractivity contribution in [2.24, 2.45) is 11.3 Å². The molecule has 0 radical (unpaired) electrons. The number of hydrogen-bond acceptors (Lipinski definition) is 5. The zero-order valence-corrected chi connectivity index (χ0v) is 18.0. The van der Waals surface area contributed by atoms with Gasteiger partial charge in [-0.05, 0) is 34.6 Å². The second-order valence-corrected chi connectivity index (χ2v) is 10.1. The Balaban J connectivity index is 1.95. The third-order valence-electron chi connectivity index (χ3n) is 6.03. The fraction of sp³-hybridized carbons (Fsp3) is 0.440. The molecule has 5 nitrogen and oxygen atoms in total. The summed E-state index contributed by atoms with van der Waals surface area (Å²) in [6.45, 7) is 10.5. The Morgan fingerprint density at radius 1 is 1.17 bits per heavy atom. The van der Waals surface area contributed by atoms with Crippen LogP contribution in [-0.2, 0) is 10.2 Å². The first-order valence-corrected chi connectivity index (χ1v) is 10.2. The van der Waals surface area contributed by atoms with Crippen LogP contribution in [0.4, 0.5) is 0 Å². The molecule has 1 unspecified atom stereocenters. The number of benzene rings is 1. The zero-order chi connectivity index (χ0) is 21.8. The molecule has 2 aliphatic rings. The van der Waals surface area contributed by atoms with Crippen molar-refractivity contribution in [3.8, 4) is 18.0 Å². The van der Waals surface area contributed by atoms with Crippen molar-refractivity contribution in [2.45, 2.75) is 58.8 Å². The second-order valence-electron chi connectivity index (χ2n) is 10.1. The van der Waals surface area contributed by atoms with E-state index in [4.69, 9.17) is 9.72 Å². The molecule has 0 spiro atoms. The van der Waals surface area contributed by atoms with Crippen LogP contribution in [0.25, 0.3) is 10.9 Å². The molecule has 1 aromatic carbocycles. The van der Waals surface area contributed by atoms with Crippen molar-refractivity contribution in [2.75, 3.05) is 0 Å². The number of pyridine rings is 1. The van der Waals surface area contributed by atoms with Crippen LogP contribution in [0.5, 0.6) is 5.88 Å². The Labute approximate surface area is 177 Å². The summed E-state index contributed by atoms with van der Waals surface area (Å²) in [6, 6.07) is 12.2. The van der Waals surface area contributed by atoms with Crippen LogP contribution >= 0.6 is 0 Å². The van der Waals surface area contributed by atoms with Crippen LogP contribution in [0.2, 0.25) is 0 Å². The van der Waals surface area contributed by atoms with Crippen LogP contribution in [0, 0.1) is 34.0 Å². The molecule has 1 atom stereocenters. The molecule has 0 N–H and O–H groups in total. The van der Waals surface area contributed by atoms with Gasteiger partial charge >= 0.3 is 0 Å². The lowest BCUT2D eigenvalue weighted by Gasteiger charge is -2.38. The van der Waals surface area contributed by atoms with Crippen molar-refractivity contribution in [3.63, 3.8) is 0 Å². The van der Waals surface area contributed by atoms with Gasteiger partial charge in [-0.25, -0.2) is 4.98 Å². The predicted molar refractivity (Wildman–Crippen MR) is 114 cm³/mol. The van der Waals surface area contributed by atoms with Gasteiger partial charge in [0.1, 0.15) is 11.7 Å². The molecule has 2 aromatic rings. The van der Waals surface area contributed by atoms with E-state index in [0.29, 0.717) is 35.6 Å². The summed E-state index contributed by atoms with van der Waals surface area (Å²) in [5.41, 5.74) is 2.82. The second kappa shape index (κ2) is 6.67. The minimum atomic E-state index is -0.979. The van der Waals surface area contributed by atoms with E-state index in [2.05, 4.69) is 45.0 Å². The SMILES string of the molecule is CC1(C)CC(=O)C2=C(C1)Oc1nc3ccc(C(C)(C)C)cc3cc1C2C(C#N)C#N. The number of ether oxygens (including phenoxy) is 1. The molecule has 0 fully saturated rings. The van der Waals surface area contributed by atoms with Gasteiger partial charge in [-0.3, -0.25) is 4.79 Å². The van der Waals surface area contributed by atoms with E-state index in [9.17, 15) is 15.3 Å². The molecule has 1 aliphatic heterocycles. The number of nitriles is 2. The van der Waals surface area contributed by atoms with Gasteiger partial charge in [-0.1, -0.05) is 40.7 Å². The molecule has 152 valence electrons. The normalized spacial score (nSPS) is 20.3. The first kappa shape index (κ1) is 20.1. The van der Waals surface area contributed by atoms with E-state index < -0.39 is 11.8 Å². The summed E-state index contributed by atoms with van der Waals surface area (Å²) in [5, 5.41) is 20.3. The Morgan fingerprint density at radius 3 is 2.50 bits per heavy atom. The maximum absolute atomic E-state index is 13.1. The fourth-order valence-corrected chi connectivity index (χ4v) is 4.46. The summed E-state index contributed by atoms with van der Waals surface area (Å²) >= 11 is 0. The van der Waals surface area contributed by atoms with Gasteiger partial charge in [0.25, 0.3) is 0 Å². The molecule has 0 saturated heterocycles. The van der Waals surface area contributed by atoms with E-state index in [1.54, 1.807) is 0 Å². The third-order valence-corrected chi connectivity index (χ3v) is 6.03. The Bertz CT molecular complexity index is 1170. The fourth-order valence-electron chi connectivity index (χ4n) is 4.46. The van der Waals surface area contributed by atoms with Crippen molar-refractivity contribution < 1.29 is 9.53 Å². The first-order chi connectivity index (χ1) is 14.0. The van der Waals surface area contributed by atoms with E-state index in [1.165, 1.54) is 0 Å². The lowest BCUT2D eigenvalue weighted by molar-refractivity contribution is -0.119. The van der Waals surface area contributed by atoms with Gasteiger partial charge < -0.3 is 4.74 Å². The lowest BCUT2D eigenvalue weighted by Crippen LogP contribution is -2.34. The van der Waals surface area contributed by atoms with Gasteiger partial charge in [-0.15, -0.1) is 0 Å². The number of allylic oxidation sites excluding steroid dienone is 2. The Kier molecular flexibility index (Phi) is 4.47. The van der Waals surface area contributed by atoms with Gasteiger partial charge in [0.15, 0.2) is 5.78 Å². The molecular weight excluding hydrogens is 374 g/mol. The van der Waals surface area contributed by atoms with Crippen LogP contribution in [0.15, 0.2) is 35.6 Å². The summed E-state index contributed by atoms with van der Waals surface area (Å²) < 4.78 is 6.15. The summed E-state index contributed by atoms with van der Waals surface area (Å²) in [5.74, 6) is -0.709. The topological polar surface area (TPSA) is 86.8 Å². The maximum Gasteiger partial charge on any atom is 0.223 e. The number of nitrogens with zero attached hydrogens (tertiary/aromatic N) is 3. The number of carbonyl (C=O) groups excluding carboxylic acids is 1. The highest BCUT2D eigenvalue weighted by Gasteiger charge is 2.45. The van der Waals surface area contributed by atoms with Crippen LogP contribution in [0.1, 0.15) is 64.5 Å². The average Bonchev–Trinajstić information content (AvgIpc) is 2.64. The number of carbonyl (C=O) groups is 1. The smallest absolute Gasteiger partial charge is 0.223 e. The maximum atomic E-state index is 13.1. The monoisotopic (exact) mass is 399 g/mol. The molecule has 0 bridgehead atoms. The van der Waals surface area contributed by atoms with Crippen molar-refractivity contribution >= 4 is 16.7 Å². The number of Topliss-reactive ketones (excluding diaryl/α,β-unsaturated/α-hetero) is 1. The Hall–Kier alpha value is -3.18. The molecule has 0 saturated carbocycles. The molecule has 30 heavy (non-hydrogen) atoms. The molecule has 5 heteroatoms. The number of rotatable bonds is 1. The highest BCUT2D eigenvalue weighted by atomic mass is 16.5. The lowest BCUT2D eigenvalue weighted by atomic mass is 9.69. The van der Waals surface area contributed by atoms with E-state index >= 15 is 0 Å². The zero-order valence-electron chi connectivity index (χ0n) is 18.0. The van der Waals surface area contributed by atoms with Crippen LogP contribution in [-0.4, -0.2) is 10.8 Å². The van der Waals surface area contributed by atoms with Gasteiger partial charge in [0.2, 0.25) is 5.88 Å². The number of ketones is 1. The molecule has 0 amide bonds. The quantitative estimate of drug-likeness (QED) is 0.648. The molecular formula is C25H25N3O2. The molecule has 4 rings (SSSR count). The number of aromatic nitrogens is 1. The third kappa shape index (κ3) is 3.25. The number of hydrogen-bond donors (Lipinski definition) is 0. The van der Waals surface area contributed by atoms with Crippen molar-refractivity contribution in [1.29, 1.82) is 10.5 Å². The Morgan fingerprint density at radius 2 is 1.87 bits per heavy atom. The minimum absolute atomic E-state index is 0.0253. The number of fused-ring (bicyclic) bond motifs is 2. The molecule has 1 aliphatic carbocycles.